The molecule has 0 aliphatic heterocycles. The van der Waals surface area contributed by atoms with Crippen molar-refractivity contribution in [3.8, 4) is 0 Å². The monoisotopic (exact) mass is 325 g/mol. The van der Waals surface area contributed by atoms with Crippen LogP contribution in [0.3, 0.4) is 0 Å². The molecule has 1 aliphatic rings. The highest BCUT2D eigenvalue weighted by Crippen LogP contribution is 2.22. The molecule has 0 spiro atoms. The highest BCUT2D eigenvalue weighted by Gasteiger charge is 2.11. The molecule has 1 amide bonds. The predicted octanol–water partition coefficient (Wildman–Crippen LogP) is 4.15. The molecule has 0 atom stereocenters. The summed E-state index contributed by atoms with van der Waals surface area (Å²) in [6.45, 7) is 0.596. The van der Waals surface area contributed by atoms with Gasteiger partial charge < -0.3 is 5.32 Å². The Kier molecular flexibility index (Phi) is 5.39. The van der Waals surface area contributed by atoms with Crippen LogP contribution in [0, 0.1) is 0 Å². The zero-order chi connectivity index (χ0) is 16.1. The van der Waals surface area contributed by atoms with Gasteiger partial charge in [-0.1, -0.05) is 30.3 Å². The Hall–Kier alpha value is -1.74. The summed E-state index contributed by atoms with van der Waals surface area (Å²) in [5.41, 5.74) is 5.17. The summed E-state index contributed by atoms with van der Waals surface area (Å²) in [6, 6.07) is 14.9. The van der Waals surface area contributed by atoms with Crippen molar-refractivity contribution in [2.45, 2.75) is 43.5 Å². The van der Waals surface area contributed by atoms with E-state index in [9.17, 15) is 4.79 Å². The zero-order valence-electron chi connectivity index (χ0n) is 13.6. The summed E-state index contributed by atoms with van der Waals surface area (Å²) in [6.07, 6.45) is 7.45. The maximum Gasteiger partial charge on any atom is 0.224 e. The first-order valence-corrected chi connectivity index (χ1v) is 9.47. The molecule has 3 heteroatoms. The van der Waals surface area contributed by atoms with E-state index in [2.05, 4.69) is 54.0 Å². The van der Waals surface area contributed by atoms with Crippen LogP contribution in [-0.2, 0) is 30.6 Å². The molecular formula is C20H23NOS. The van der Waals surface area contributed by atoms with Gasteiger partial charge in [-0.05, 0) is 66.3 Å². The Labute approximate surface area is 142 Å². The van der Waals surface area contributed by atoms with Crippen LogP contribution in [-0.4, -0.2) is 12.2 Å². The summed E-state index contributed by atoms with van der Waals surface area (Å²) in [5.74, 6) is 0.0923. The number of aryl methyl sites for hydroxylation is 2. The van der Waals surface area contributed by atoms with Gasteiger partial charge in [0.15, 0.2) is 0 Å². The number of nitrogens with one attached hydrogen (secondary N) is 1. The number of carbonyl (C=O) groups excluding carboxylic acids is 1. The fourth-order valence-corrected chi connectivity index (χ4v) is 3.50. The first kappa shape index (κ1) is 16.1. The fraction of sp³-hybridized carbons (Fsp3) is 0.350. The zero-order valence-corrected chi connectivity index (χ0v) is 14.4. The van der Waals surface area contributed by atoms with E-state index >= 15 is 0 Å². The van der Waals surface area contributed by atoms with Crippen molar-refractivity contribution >= 4 is 17.7 Å². The van der Waals surface area contributed by atoms with Crippen LogP contribution in [0.1, 0.15) is 35.1 Å². The molecule has 0 unspecified atom stereocenters. The lowest BCUT2D eigenvalue weighted by Crippen LogP contribution is -2.24. The van der Waals surface area contributed by atoms with Crippen molar-refractivity contribution in [1.29, 1.82) is 0 Å². The second-order valence-electron chi connectivity index (χ2n) is 6.11. The molecule has 0 radical (unpaired) electrons. The molecule has 3 rings (SSSR count). The van der Waals surface area contributed by atoms with Crippen molar-refractivity contribution in [3.63, 3.8) is 0 Å². The Balaban J connectivity index is 1.54. The Bertz CT molecular complexity index is 679. The molecule has 2 aromatic carbocycles. The molecule has 0 heterocycles. The lowest BCUT2D eigenvalue weighted by Gasteiger charge is -2.16. The number of rotatable bonds is 5. The van der Waals surface area contributed by atoms with Gasteiger partial charge in [0.1, 0.15) is 0 Å². The lowest BCUT2D eigenvalue weighted by atomic mass is 9.90. The SMILES string of the molecule is CSc1ccc(CNC(=O)Cc2ccc3c(c2)CCCC3)cc1. The maximum absolute atomic E-state index is 12.2. The number of hydrogen-bond acceptors (Lipinski definition) is 2. The average molecular weight is 325 g/mol. The lowest BCUT2D eigenvalue weighted by molar-refractivity contribution is -0.120. The smallest absolute Gasteiger partial charge is 0.224 e. The number of fused-ring (bicyclic) bond motifs is 1. The minimum Gasteiger partial charge on any atom is -0.352 e. The van der Waals surface area contributed by atoms with E-state index in [1.807, 2.05) is 0 Å². The summed E-state index contributed by atoms with van der Waals surface area (Å²) in [5, 5.41) is 3.02. The van der Waals surface area contributed by atoms with Crippen molar-refractivity contribution in [1.82, 2.24) is 5.32 Å². The van der Waals surface area contributed by atoms with Crippen LogP contribution in [0.15, 0.2) is 47.4 Å². The minimum atomic E-state index is 0.0923. The highest BCUT2D eigenvalue weighted by atomic mass is 32.2. The van der Waals surface area contributed by atoms with Crippen LogP contribution in [0.4, 0.5) is 0 Å². The third-order valence-electron chi connectivity index (χ3n) is 4.43. The molecule has 0 saturated heterocycles. The van der Waals surface area contributed by atoms with Crippen molar-refractivity contribution < 1.29 is 4.79 Å². The normalized spacial score (nSPS) is 13.4. The van der Waals surface area contributed by atoms with E-state index in [1.54, 1.807) is 11.8 Å². The van der Waals surface area contributed by atoms with Gasteiger partial charge in [0.25, 0.3) is 0 Å². The molecule has 0 aromatic heterocycles. The molecule has 1 aliphatic carbocycles. The van der Waals surface area contributed by atoms with Gasteiger partial charge in [0.05, 0.1) is 6.42 Å². The summed E-state index contributed by atoms with van der Waals surface area (Å²) >= 11 is 1.73. The number of hydrogen-bond donors (Lipinski definition) is 1. The number of benzene rings is 2. The second kappa shape index (κ2) is 7.69. The van der Waals surface area contributed by atoms with E-state index in [0.717, 1.165) is 17.5 Å². The summed E-state index contributed by atoms with van der Waals surface area (Å²) in [4.78, 5) is 13.4. The Morgan fingerprint density at radius 1 is 1.00 bits per heavy atom. The van der Waals surface area contributed by atoms with E-state index in [0.29, 0.717) is 13.0 Å². The molecule has 0 saturated carbocycles. The van der Waals surface area contributed by atoms with Crippen molar-refractivity contribution in [3.05, 3.63) is 64.7 Å². The van der Waals surface area contributed by atoms with Crippen LogP contribution < -0.4 is 5.32 Å². The number of carbonyl (C=O) groups is 1. The van der Waals surface area contributed by atoms with E-state index in [-0.39, 0.29) is 5.91 Å². The van der Waals surface area contributed by atoms with E-state index < -0.39 is 0 Å². The quantitative estimate of drug-likeness (QED) is 0.837. The maximum atomic E-state index is 12.2. The molecule has 0 fully saturated rings. The van der Waals surface area contributed by atoms with E-state index in [1.165, 1.54) is 35.3 Å². The first-order valence-electron chi connectivity index (χ1n) is 8.25. The fourth-order valence-electron chi connectivity index (χ4n) is 3.09. The van der Waals surface area contributed by atoms with Gasteiger partial charge in [-0.3, -0.25) is 4.79 Å². The molecule has 0 bridgehead atoms. The molecule has 2 aromatic rings. The summed E-state index contributed by atoms with van der Waals surface area (Å²) < 4.78 is 0. The average Bonchev–Trinajstić information content (AvgIpc) is 2.60. The number of thioether (sulfide) groups is 1. The second-order valence-corrected chi connectivity index (χ2v) is 6.99. The predicted molar refractivity (Wildman–Crippen MR) is 96.9 cm³/mol. The van der Waals surface area contributed by atoms with Gasteiger partial charge in [0, 0.05) is 11.4 Å². The van der Waals surface area contributed by atoms with Crippen molar-refractivity contribution in [2.24, 2.45) is 0 Å². The number of amides is 1. The van der Waals surface area contributed by atoms with Crippen LogP contribution in [0.2, 0.25) is 0 Å². The molecular weight excluding hydrogens is 302 g/mol. The first-order chi connectivity index (χ1) is 11.2. The standard InChI is InChI=1S/C20H23NOS/c1-23-19-10-7-15(8-11-19)14-21-20(22)13-16-6-9-17-4-2-3-5-18(17)12-16/h6-12H,2-5,13-14H2,1H3,(H,21,22). The van der Waals surface area contributed by atoms with Gasteiger partial charge in [-0.25, -0.2) is 0 Å². The largest absolute Gasteiger partial charge is 0.352 e. The summed E-state index contributed by atoms with van der Waals surface area (Å²) in [7, 11) is 0. The van der Waals surface area contributed by atoms with Gasteiger partial charge in [0.2, 0.25) is 5.91 Å². The topological polar surface area (TPSA) is 29.1 Å². The van der Waals surface area contributed by atoms with Crippen LogP contribution in [0.5, 0.6) is 0 Å². The van der Waals surface area contributed by atoms with Gasteiger partial charge in [-0.15, -0.1) is 11.8 Å². The Morgan fingerprint density at radius 2 is 1.70 bits per heavy atom. The molecule has 23 heavy (non-hydrogen) atoms. The molecule has 2 nitrogen and oxygen atoms in total. The Morgan fingerprint density at radius 3 is 2.43 bits per heavy atom. The van der Waals surface area contributed by atoms with Crippen LogP contribution in [0.25, 0.3) is 0 Å². The molecule has 1 N–H and O–H groups in total. The van der Waals surface area contributed by atoms with E-state index in [4.69, 9.17) is 0 Å². The van der Waals surface area contributed by atoms with Crippen LogP contribution >= 0.6 is 11.8 Å². The van der Waals surface area contributed by atoms with Gasteiger partial charge in [-0.2, -0.15) is 0 Å². The van der Waals surface area contributed by atoms with Gasteiger partial charge >= 0.3 is 0 Å². The van der Waals surface area contributed by atoms with Crippen molar-refractivity contribution in [2.75, 3.05) is 6.26 Å². The highest BCUT2D eigenvalue weighted by molar-refractivity contribution is 7.98. The molecule has 120 valence electrons. The minimum absolute atomic E-state index is 0.0923. The third kappa shape index (κ3) is 4.38. The third-order valence-corrected chi connectivity index (χ3v) is 5.17.